The largest absolute Gasteiger partial charge is 0.292 e. The maximum atomic E-state index is 11.8. The third-order valence-electron chi connectivity index (χ3n) is 2.13. The van der Waals surface area contributed by atoms with Gasteiger partial charge in [0.2, 0.25) is 0 Å². The predicted molar refractivity (Wildman–Crippen MR) is 64.2 cm³/mol. The van der Waals surface area contributed by atoms with Crippen LogP contribution in [0.25, 0.3) is 0 Å². The first-order valence-electron chi connectivity index (χ1n) is 4.79. The summed E-state index contributed by atoms with van der Waals surface area (Å²) >= 11 is 3.28. The Hall–Kier alpha value is -1.55. The van der Waals surface area contributed by atoms with Crippen molar-refractivity contribution in [2.75, 3.05) is 0 Å². The van der Waals surface area contributed by atoms with E-state index in [2.05, 4.69) is 25.9 Å². The highest BCUT2D eigenvalue weighted by atomic mass is 79.9. The fourth-order valence-corrected chi connectivity index (χ4v) is 1.55. The number of nitrogens with zero attached hydrogens (tertiary/aromatic N) is 2. The van der Waals surface area contributed by atoms with Crippen molar-refractivity contribution in [3.8, 4) is 0 Å². The molecular formula is C12H9BrN2O. The molecule has 0 aliphatic carbocycles. The number of carbonyl (C=O) groups is 1. The highest BCUT2D eigenvalue weighted by Crippen LogP contribution is 2.09. The van der Waals surface area contributed by atoms with Gasteiger partial charge in [0.1, 0.15) is 5.69 Å². The predicted octanol–water partition coefficient (Wildman–Crippen LogP) is 2.66. The summed E-state index contributed by atoms with van der Waals surface area (Å²) in [5.74, 6) is 0.0127. The molecule has 2 aromatic rings. The minimum atomic E-state index is 0.0127. The van der Waals surface area contributed by atoms with Gasteiger partial charge in [0.25, 0.3) is 0 Å². The van der Waals surface area contributed by atoms with E-state index >= 15 is 0 Å². The van der Waals surface area contributed by atoms with E-state index in [1.807, 2.05) is 18.2 Å². The standard InChI is InChI=1S/C12H9BrN2O/c13-10-1-2-11(15-8-10)12(16)7-9-3-5-14-6-4-9/h1-6,8H,7H2. The smallest absolute Gasteiger partial charge is 0.185 e. The van der Waals surface area contributed by atoms with E-state index in [4.69, 9.17) is 0 Å². The Balaban J connectivity index is 2.12. The van der Waals surface area contributed by atoms with Crippen molar-refractivity contribution in [2.24, 2.45) is 0 Å². The summed E-state index contributed by atoms with van der Waals surface area (Å²) in [7, 11) is 0. The average molecular weight is 277 g/mol. The van der Waals surface area contributed by atoms with E-state index in [1.165, 1.54) is 0 Å². The Bertz CT molecular complexity index is 482. The molecule has 0 aliphatic heterocycles. The molecule has 0 amide bonds. The number of pyridine rings is 2. The third kappa shape index (κ3) is 2.73. The van der Waals surface area contributed by atoms with Crippen LogP contribution in [0.3, 0.4) is 0 Å². The van der Waals surface area contributed by atoms with Crippen LogP contribution in [0.2, 0.25) is 0 Å². The zero-order chi connectivity index (χ0) is 11.4. The van der Waals surface area contributed by atoms with Gasteiger partial charge in [-0.2, -0.15) is 0 Å². The van der Waals surface area contributed by atoms with Gasteiger partial charge in [0, 0.05) is 29.5 Å². The van der Waals surface area contributed by atoms with Crippen LogP contribution in [0.4, 0.5) is 0 Å². The molecule has 2 heterocycles. The van der Waals surface area contributed by atoms with Crippen LogP contribution in [-0.2, 0) is 6.42 Å². The van der Waals surface area contributed by atoms with Crippen molar-refractivity contribution >= 4 is 21.7 Å². The zero-order valence-electron chi connectivity index (χ0n) is 8.43. The van der Waals surface area contributed by atoms with Crippen LogP contribution >= 0.6 is 15.9 Å². The summed E-state index contributed by atoms with van der Waals surface area (Å²) in [6.07, 6.45) is 5.34. The van der Waals surface area contributed by atoms with Crippen LogP contribution in [0.5, 0.6) is 0 Å². The Morgan fingerprint density at radius 3 is 2.56 bits per heavy atom. The Morgan fingerprint density at radius 2 is 1.94 bits per heavy atom. The van der Waals surface area contributed by atoms with E-state index in [9.17, 15) is 4.79 Å². The first-order chi connectivity index (χ1) is 7.75. The molecule has 2 rings (SSSR count). The first kappa shape index (κ1) is 11.0. The number of hydrogen-bond acceptors (Lipinski definition) is 3. The Morgan fingerprint density at radius 1 is 1.19 bits per heavy atom. The number of Topliss-reactive ketones (excluding diaryl/α,β-unsaturated/α-hetero) is 1. The second-order valence-corrected chi connectivity index (χ2v) is 4.23. The van der Waals surface area contributed by atoms with Gasteiger partial charge in [0.15, 0.2) is 5.78 Å². The van der Waals surface area contributed by atoms with E-state index in [0.717, 1.165) is 10.0 Å². The molecule has 0 N–H and O–H groups in total. The molecule has 0 bridgehead atoms. The van der Waals surface area contributed by atoms with Crippen LogP contribution in [0, 0.1) is 0 Å². The van der Waals surface area contributed by atoms with Crippen LogP contribution in [0.1, 0.15) is 16.1 Å². The summed E-state index contributed by atoms with van der Waals surface area (Å²) in [6, 6.07) is 7.19. The van der Waals surface area contributed by atoms with Gasteiger partial charge in [-0.1, -0.05) is 0 Å². The molecule has 4 heteroatoms. The summed E-state index contributed by atoms with van der Waals surface area (Å²) in [6.45, 7) is 0. The fourth-order valence-electron chi connectivity index (χ4n) is 1.32. The van der Waals surface area contributed by atoms with Gasteiger partial charge >= 0.3 is 0 Å². The molecule has 2 aromatic heterocycles. The van der Waals surface area contributed by atoms with Gasteiger partial charge in [-0.3, -0.25) is 14.8 Å². The van der Waals surface area contributed by atoms with Gasteiger partial charge < -0.3 is 0 Å². The van der Waals surface area contributed by atoms with Gasteiger partial charge in [0.05, 0.1) is 0 Å². The minimum absolute atomic E-state index is 0.0127. The van der Waals surface area contributed by atoms with Crippen LogP contribution in [-0.4, -0.2) is 15.8 Å². The first-order valence-corrected chi connectivity index (χ1v) is 5.58. The molecule has 0 fully saturated rings. The van der Waals surface area contributed by atoms with Crippen LogP contribution < -0.4 is 0 Å². The Labute approximate surface area is 102 Å². The minimum Gasteiger partial charge on any atom is -0.292 e. The lowest BCUT2D eigenvalue weighted by atomic mass is 10.1. The fraction of sp³-hybridized carbons (Fsp3) is 0.0833. The second-order valence-electron chi connectivity index (χ2n) is 3.32. The number of rotatable bonds is 3. The normalized spacial score (nSPS) is 10.1. The van der Waals surface area contributed by atoms with Crippen molar-refractivity contribution in [3.63, 3.8) is 0 Å². The Kier molecular flexibility index (Phi) is 3.41. The lowest BCUT2D eigenvalue weighted by Gasteiger charge is -2.00. The van der Waals surface area contributed by atoms with Crippen molar-refractivity contribution in [3.05, 3.63) is 58.6 Å². The molecule has 16 heavy (non-hydrogen) atoms. The summed E-state index contributed by atoms with van der Waals surface area (Å²) < 4.78 is 0.868. The molecule has 0 unspecified atom stereocenters. The topological polar surface area (TPSA) is 42.9 Å². The molecule has 80 valence electrons. The van der Waals surface area contributed by atoms with Crippen LogP contribution in [0.15, 0.2) is 47.3 Å². The molecular weight excluding hydrogens is 268 g/mol. The summed E-state index contributed by atoms with van der Waals surface area (Å²) in [5.41, 5.74) is 1.43. The number of hydrogen-bond donors (Lipinski definition) is 0. The maximum absolute atomic E-state index is 11.8. The van der Waals surface area contributed by atoms with Crippen molar-refractivity contribution < 1.29 is 4.79 Å². The summed E-state index contributed by atoms with van der Waals surface area (Å²) in [4.78, 5) is 19.8. The highest BCUT2D eigenvalue weighted by Gasteiger charge is 2.07. The van der Waals surface area contributed by atoms with Gasteiger partial charge in [-0.25, -0.2) is 0 Å². The second kappa shape index (κ2) is 4.99. The summed E-state index contributed by atoms with van der Waals surface area (Å²) in [5, 5.41) is 0. The van der Waals surface area contributed by atoms with Crippen molar-refractivity contribution in [1.82, 2.24) is 9.97 Å². The number of carbonyl (C=O) groups excluding carboxylic acids is 1. The van der Waals surface area contributed by atoms with E-state index in [0.29, 0.717) is 12.1 Å². The highest BCUT2D eigenvalue weighted by molar-refractivity contribution is 9.10. The van der Waals surface area contributed by atoms with Crippen molar-refractivity contribution in [2.45, 2.75) is 6.42 Å². The molecule has 3 nitrogen and oxygen atoms in total. The lowest BCUT2D eigenvalue weighted by Crippen LogP contribution is -2.05. The zero-order valence-corrected chi connectivity index (χ0v) is 10.0. The molecule has 0 saturated carbocycles. The van der Waals surface area contributed by atoms with E-state index < -0.39 is 0 Å². The number of aromatic nitrogens is 2. The number of ketones is 1. The quantitative estimate of drug-likeness (QED) is 0.810. The number of halogens is 1. The molecule has 0 radical (unpaired) electrons. The molecule has 0 saturated heterocycles. The molecule has 0 aromatic carbocycles. The van der Waals surface area contributed by atoms with E-state index in [-0.39, 0.29) is 5.78 Å². The van der Waals surface area contributed by atoms with Crippen molar-refractivity contribution in [1.29, 1.82) is 0 Å². The molecule has 0 aliphatic rings. The lowest BCUT2D eigenvalue weighted by molar-refractivity contribution is 0.0988. The molecule has 0 spiro atoms. The molecule has 0 atom stereocenters. The van der Waals surface area contributed by atoms with E-state index in [1.54, 1.807) is 24.7 Å². The monoisotopic (exact) mass is 276 g/mol. The maximum Gasteiger partial charge on any atom is 0.185 e. The average Bonchev–Trinajstić information content (AvgIpc) is 2.31. The third-order valence-corrected chi connectivity index (χ3v) is 2.60. The van der Waals surface area contributed by atoms with Gasteiger partial charge in [-0.15, -0.1) is 0 Å². The SMILES string of the molecule is O=C(Cc1ccncc1)c1ccc(Br)cn1. The van der Waals surface area contributed by atoms with Gasteiger partial charge in [-0.05, 0) is 45.8 Å².